The monoisotopic (exact) mass is 274 g/mol. The molecule has 1 aliphatic rings. The predicted octanol–water partition coefficient (Wildman–Crippen LogP) is 0.722. The summed E-state index contributed by atoms with van der Waals surface area (Å²) in [5.41, 5.74) is 2.57. The molecule has 6 nitrogen and oxygen atoms in total. The number of nitrogens with one attached hydrogen (secondary N) is 2. The third-order valence-corrected chi connectivity index (χ3v) is 3.77. The molecule has 0 radical (unpaired) electrons. The molecular formula is C14H18N4O2. The summed E-state index contributed by atoms with van der Waals surface area (Å²) in [5.74, 6) is 0.00611. The number of rotatable bonds is 3. The fraction of sp³-hybridized carbons (Fsp3) is 0.429. The number of hydrogen-bond acceptors (Lipinski definition) is 3. The number of H-pyrrole nitrogens is 2. The molecule has 0 aliphatic carbocycles. The van der Waals surface area contributed by atoms with Crippen LogP contribution in [0.2, 0.25) is 0 Å². The van der Waals surface area contributed by atoms with Crippen molar-refractivity contribution >= 4 is 5.91 Å². The van der Waals surface area contributed by atoms with Crippen molar-refractivity contribution in [2.45, 2.75) is 19.4 Å². The van der Waals surface area contributed by atoms with Crippen LogP contribution >= 0.6 is 0 Å². The molecule has 1 saturated heterocycles. The van der Waals surface area contributed by atoms with Crippen LogP contribution in [0.5, 0.6) is 0 Å². The van der Waals surface area contributed by atoms with E-state index in [1.807, 2.05) is 13.0 Å². The van der Waals surface area contributed by atoms with E-state index in [2.05, 4.69) is 15.2 Å². The molecule has 6 heteroatoms. The van der Waals surface area contributed by atoms with Crippen LogP contribution in [-0.4, -0.2) is 50.3 Å². The molecule has 0 saturated carbocycles. The van der Waals surface area contributed by atoms with Crippen LogP contribution < -0.4 is 0 Å². The summed E-state index contributed by atoms with van der Waals surface area (Å²) in [4.78, 5) is 16.8. The van der Waals surface area contributed by atoms with E-state index in [0.29, 0.717) is 25.1 Å². The van der Waals surface area contributed by atoms with Gasteiger partial charge < -0.3 is 15.0 Å². The van der Waals surface area contributed by atoms with Gasteiger partial charge in [0.2, 0.25) is 0 Å². The number of β-amino-alcohol motifs (C(OH)–C–C–N with tert-alkyl or cyclic N) is 1. The quantitative estimate of drug-likeness (QED) is 0.771. The lowest BCUT2D eigenvalue weighted by atomic mass is 10.0. The minimum atomic E-state index is -0.491. The topological polar surface area (TPSA) is 85.0 Å². The number of aryl methyl sites for hydroxylation is 1. The second-order valence-corrected chi connectivity index (χ2v) is 5.38. The van der Waals surface area contributed by atoms with Gasteiger partial charge in [-0.2, -0.15) is 5.10 Å². The highest BCUT2D eigenvalue weighted by atomic mass is 16.3. The van der Waals surface area contributed by atoms with Crippen molar-refractivity contribution in [3.05, 3.63) is 41.5 Å². The number of likely N-dealkylation sites (tertiary alicyclic amines) is 1. The predicted molar refractivity (Wildman–Crippen MR) is 73.2 cm³/mol. The SMILES string of the molecule is Cc1cc(C[C@@H]2CN(C(=O)c3cc[nH]c3)C[C@@H]2O)n[nH]1. The van der Waals surface area contributed by atoms with Crippen LogP contribution in [0, 0.1) is 12.8 Å². The van der Waals surface area contributed by atoms with Crippen LogP contribution in [0.25, 0.3) is 0 Å². The number of aromatic amines is 2. The van der Waals surface area contributed by atoms with E-state index >= 15 is 0 Å². The molecule has 20 heavy (non-hydrogen) atoms. The van der Waals surface area contributed by atoms with Gasteiger partial charge in [0.25, 0.3) is 5.91 Å². The first kappa shape index (κ1) is 12.9. The van der Waals surface area contributed by atoms with Gasteiger partial charge in [0.05, 0.1) is 17.4 Å². The maximum absolute atomic E-state index is 12.2. The zero-order valence-corrected chi connectivity index (χ0v) is 11.3. The Balaban J connectivity index is 1.66. The molecule has 3 rings (SSSR count). The van der Waals surface area contributed by atoms with E-state index in [1.54, 1.807) is 23.4 Å². The van der Waals surface area contributed by atoms with Crippen molar-refractivity contribution in [2.75, 3.05) is 13.1 Å². The number of hydrogen-bond donors (Lipinski definition) is 3. The highest BCUT2D eigenvalue weighted by molar-refractivity contribution is 5.94. The normalized spacial score (nSPS) is 22.4. The lowest BCUT2D eigenvalue weighted by molar-refractivity contribution is 0.0765. The Morgan fingerprint density at radius 1 is 1.55 bits per heavy atom. The Hall–Kier alpha value is -2.08. The molecule has 1 aliphatic heterocycles. The van der Waals surface area contributed by atoms with Gasteiger partial charge in [-0.1, -0.05) is 0 Å². The summed E-state index contributed by atoms with van der Waals surface area (Å²) in [6.45, 7) is 2.90. The third kappa shape index (κ3) is 2.46. The molecule has 2 aromatic rings. The van der Waals surface area contributed by atoms with Crippen molar-refractivity contribution in [3.63, 3.8) is 0 Å². The van der Waals surface area contributed by atoms with E-state index in [1.165, 1.54) is 0 Å². The van der Waals surface area contributed by atoms with E-state index in [-0.39, 0.29) is 11.8 Å². The fourth-order valence-electron chi connectivity index (χ4n) is 2.71. The Morgan fingerprint density at radius 3 is 3.05 bits per heavy atom. The Morgan fingerprint density at radius 2 is 2.40 bits per heavy atom. The van der Waals surface area contributed by atoms with Gasteiger partial charge >= 0.3 is 0 Å². The smallest absolute Gasteiger partial charge is 0.255 e. The summed E-state index contributed by atoms with van der Waals surface area (Å²) in [7, 11) is 0. The molecule has 0 bridgehead atoms. The van der Waals surface area contributed by atoms with Crippen LogP contribution in [0.4, 0.5) is 0 Å². The number of amides is 1. The summed E-state index contributed by atoms with van der Waals surface area (Å²) in [5, 5.41) is 17.2. The van der Waals surface area contributed by atoms with Crippen molar-refractivity contribution in [2.24, 2.45) is 5.92 Å². The minimum absolute atomic E-state index is 0.0361. The largest absolute Gasteiger partial charge is 0.391 e. The minimum Gasteiger partial charge on any atom is -0.391 e. The van der Waals surface area contributed by atoms with Crippen molar-refractivity contribution in [1.29, 1.82) is 0 Å². The van der Waals surface area contributed by atoms with Gasteiger partial charge in [-0.15, -0.1) is 0 Å². The third-order valence-electron chi connectivity index (χ3n) is 3.77. The summed E-state index contributed by atoms with van der Waals surface area (Å²) >= 11 is 0. The average molecular weight is 274 g/mol. The van der Waals surface area contributed by atoms with E-state index in [9.17, 15) is 9.90 Å². The lowest BCUT2D eigenvalue weighted by Crippen LogP contribution is -2.29. The number of nitrogens with zero attached hydrogens (tertiary/aromatic N) is 2. The summed E-state index contributed by atoms with van der Waals surface area (Å²) in [6, 6.07) is 3.72. The highest BCUT2D eigenvalue weighted by Gasteiger charge is 2.34. The maximum Gasteiger partial charge on any atom is 0.255 e. The summed E-state index contributed by atoms with van der Waals surface area (Å²) in [6.07, 6.45) is 3.60. The number of aromatic nitrogens is 3. The van der Waals surface area contributed by atoms with Gasteiger partial charge in [0.15, 0.2) is 0 Å². The molecule has 0 unspecified atom stereocenters. The number of carbonyl (C=O) groups is 1. The average Bonchev–Trinajstić information content (AvgIpc) is 3.12. The molecule has 3 N–H and O–H groups in total. The van der Waals surface area contributed by atoms with Crippen LogP contribution in [-0.2, 0) is 6.42 Å². The fourth-order valence-corrected chi connectivity index (χ4v) is 2.71. The first-order chi connectivity index (χ1) is 9.63. The van der Waals surface area contributed by atoms with Crippen LogP contribution in [0.1, 0.15) is 21.7 Å². The molecule has 2 aromatic heterocycles. The molecule has 0 aromatic carbocycles. The molecule has 1 amide bonds. The lowest BCUT2D eigenvalue weighted by Gasteiger charge is -2.14. The van der Waals surface area contributed by atoms with E-state index < -0.39 is 6.10 Å². The second kappa shape index (κ2) is 5.13. The van der Waals surface area contributed by atoms with Gasteiger partial charge in [0, 0.05) is 37.1 Å². The molecule has 1 fully saturated rings. The van der Waals surface area contributed by atoms with Gasteiger partial charge in [-0.05, 0) is 25.5 Å². The van der Waals surface area contributed by atoms with Gasteiger partial charge in [0.1, 0.15) is 0 Å². The molecule has 3 heterocycles. The van der Waals surface area contributed by atoms with Crippen LogP contribution in [0.3, 0.4) is 0 Å². The molecule has 106 valence electrons. The van der Waals surface area contributed by atoms with Gasteiger partial charge in [-0.25, -0.2) is 0 Å². The standard InChI is InChI=1S/C14H18N4O2/c1-9-4-12(17-16-9)5-11-7-18(8-13(11)19)14(20)10-2-3-15-6-10/h2-4,6,11,13,15,19H,5,7-8H2,1H3,(H,16,17)/t11-,13+/m1/s1. The molecular weight excluding hydrogens is 256 g/mol. The highest BCUT2D eigenvalue weighted by Crippen LogP contribution is 2.22. The van der Waals surface area contributed by atoms with Crippen molar-refractivity contribution in [3.8, 4) is 0 Å². The number of aliphatic hydroxyl groups excluding tert-OH is 1. The van der Waals surface area contributed by atoms with Crippen molar-refractivity contribution in [1.82, 2.24) is 20.1 Å². The molecule has 0 spiro atoms. The zero-order chi connectivity index (χ0) is 14.1. The number of aliphatic hydroxyl groups is 1. The van der Waals surface area contributed by atoms with Gasteiger partial charge in [-0.3, -0.25) is 9.89 Å². The van der Waals surface area contributed by atoms with E-state index in [0.717, 1.165) is 11.4 Å². The first-order valence-corrected chi connectivity index (χ1v) is 6.74. The molecule has 2 atom stereocenters. The van der Waals surface area contributed by atoms with E-state index in [4.69, 9.17) is 0 Å². The number of carbonyl (C=O) groups excluding carboxylic acids is 1. The maximum atomic E-state index is 12.2. The van der Waals surface area contributed by atoms with Crippen LogP contribution in [0.15, 0.2) is 24.5 Å². The second-order valence-electron chi connectivity index (χ2n) is 5.38. The Bertz CT molecular complexity index is 590. The zero-order valence-electron chi connectivity index (χ0n) is 11.3. The Kier molecular flexibility index (Phi) is 3.31. The summed E-state index contributed by atoms with van der Waals surface area (Å²) < 4.78 is 0. The Labute approximate surface area is 116 Å². The van der Waals surface area contributed by atoms with Crippen molar-refractivity contribution < 1.29 is 9.90 Å². The first-order valence-electron chi connectivity index (χ1n) is 6.74.